The van der Waals surface area contributed by atoms with Crippen molar-refractivity contribution in [1.82, 2.24) is 5.64 Å². The Morgan fingerprint density at radius 2 is 2.00 bits per heavy atom. The molecule has 0 aliphatic carbocycles. The van der Waals surface area contributed by atoms with Crippen molar-refractivity contribution in [2.24, 2.45) is 0 Å². The molecule has 0 amide bonds. The highest BCUT2D eigenvalue weighted by Gasteiger charge is 2.41. The van der Waals surface area contributed by atoms with Crippen molar-refractivity contribution < 1.29 is 28.0 Å². The molecular formula is C2H2F3NO3. The molecule has 0 saturated carbocycles. The van der Waals surface area contributed by atoms with E-state index in [2.05, 4.69) is 4.84 Å². The van der Waals surface area contributed by atoms with Gasteiger partial charge in [0.25, 0.3) is 0 Å². The molecule has 54 valence electrons. The molecule has 0 aromatic carbocycles. The van der Waals surface area contributed by atoms with Gasteiger partial charge in [0.05, 0.1) is 0 Å². The van der Waals surface area contributed by atoms with Crippen molar-refractivity contribution in [2.75, 3.05) is 0 Å². The topological polar surface area (TPSA) is 58.6 Å². The van der Waals surface area contributed by atoms with E-state index in [4.69, 9.17) is 5.21 Å². The van der Waals surface area contributed by atoms with Crippen LogP contribution in [0.3, 0.4) is 0 Å². The van der Waals surface area contributed by atoms with Crippen LogP contribution < -0.4 is 5.64 Å². The van der Waals surface area contributed by atoms with Crippen LogP contribution in [0.25, 0.3) is 0 Å². The third-order valence-corrected chi connectivity index (χ3v) is 0.370. The normalized spacial score (nSPS) is 11.1. The summed E-state index contributed by atoms with van der Waals surface area (Å²) in [6.07, 6.45) is -5.07. The van der Waals surface area contributed by atoms with Crippen molar-refractivity contribution in [3.8, 4) is 0 Å². The van der Waals surface area contributed by atoms with E-state index in [1.54, 1.807) is 0 Å². The first-order valence-corrected chi connectivity index (χ1v) is 1.65. The van der Waals surface area contributed by atoms with Gasteiger partial charge in [-0.1, -0.05) is 0 Å². The molecule has 0 saturated heterocycles. The van der Waals surface area contributed by atoms with E-state index in [0.717, 1.165) is 0 Å². The van der Waals surface area contributed by atoms with Crippen LogP contribution in [-0.2, 0) is 9.63 Å². The van der Waals surface area contributed by atoms with Crippen molar-refractivity contribution in [3.63, 3.8) is 0 Å². The number of hydrogen-bond donors (Lipinski definition) is 2. The number of carbonyl (C=O) groups is 1. The summed E-state index contributed by atoms with van der Waals surface area (Å²) in [4.78, 5) is 12.4. The first-order valence-electron chi connectivity index (χ1n) is 1.65. The van der Waals surface area contributed by atoms with E-state index in [0.29, 0.717) is 5.64 Å². The predicted molar refractivity (Wildman–Crippen MR) is 17.1 cm³/mol. The molecule has 0 aliphatic heterocycles. The lowest BCUT2D eigenvalue weighted by Gasteiger charge is -2.01. The maximum atomic E-state index is 11.0. The standard InChI is InChI=1S/C2H2F3NO3/c3-2(4,5)1(7)9-6-8/h6,8H. The van der Waals surface area contributed by atoms with Crippen LogP contribution in [0.4, 0.5) is 13.2 Å². The summed E-state index contributed by atoms with van der Waals surface area (Å²) >= 11 is 0. The first-order chi connectivity index (χ1) is 3.98. The Balaban J connectivity index is 3.74. The van der Waals surface area contributed by atoms with Gasteiger partial charge in [-0.15, -0.1) is 0 Å². The molecule has 0 rings (SSSR count). The predicted octanol–water partition coefficient (Wildman–Crippen LogP) is -0.0143. The molecule has 0 aromatic heterocycles. The summed E-state index contributed by atoms with van der Waals surface area (Å²) < 4.78 is 33.0. The van der Waals surface area contributed by atoms with Gasteiger partial charge in [0.15, 0.2) is 0 Å². The third kappa shape index (κ3) is 2.88. The largest absolute Gasteiger partial charge is 0.492 e. The Hall–Kier alpha value is -0.820. The van der Waals surface area contributed by atoms with Crippen LogP contribution >= 0.6 is 0 Å². The van der Waals surface area contributed by atoms with Gasteiger partial charge in [-0.2, -0.15) is 13.2 Å². The average Bonchev–Trinajstić information content (AvgIpc) is 1.64. The highest BCUT2D eigenvalue weighted by molar-refractivity contribution is 5.75. The molecule has 4 nitrogen and oxygen atoms in total. The van der Waals surface area contributed by atoms with E-state index >= 15 is 0 Å². The maximum absolute atomic E-state index is 11.0. The monoisotopic (exact) mass is 145 g/mol. The molecule has 0 unspecified atom stereocenters. The molecule has 9 heavy (non-hydrogen) atoms. The SMILES string of the molecule is O=C(ONO)C(F)(F)F. The first kappa shape index (κ1) is 8.18. The average molecular weight is 145 g/mol. The third-order valence-electron chi connectivity index (χ3n) is 0.370. The number of rotatable bonds is 1. The second-order valence-electron chi connectivity index (χ2n) is 0.979. The number of carbonyl (C=O) groups excluding carboxylic acids is 1. The van der Waals surface area contributed by atoms with Gasteiger partial charge in [-0.3, -0.25) is 5.21 Å². The summed E-state index contributed by atoms with van der Waals surface area (Å²) in [5.41, 5.74) is 0.604. The fourth-order valence-electron chi connectivity index (χ4n) is 0.0993. The molecule has 0 radical (unpaired) electrons. The van der Waals surface area contributed by atoms with Crippen molar-refractivity contribution in [1.29, 1.82) is 0 Å². The van der Waals surface area contributed by atoms with Crippen LogP contribution in [0.1, 0.15) is 0 Å². The van der Waals surface area contributed by atoms with Gasteiger partial charge in [0.1, 0.15) is 0 Å². The van der Waals surface area contributed by atoms with Gasteiger partial charge in [0.2, 0.25) is 0 Å². The summed E-state index contributed by atoms with van der Waals surface area (Å²) in [7, 11) is 0. The lowest BCUT2D eigenvalue weighted by Crippen LogP contribution is -2.29. The highest BCUT2D eigenvalue weighted by atomic mass is 19.4. The summed E-state index contributed by atoms with van der Waals surface area (Å²) in [5, 5.41) is 7.41. The van der Waals surface area contributed by atoms with Gasteiger partial charge < -0.3 is 4.84 Å². The van der Waals surface area contributed by atoms with Crippen LogP contribution in [0.5, 0.6) is 0 Å². The smallest absolute Gasteiger partial charge is 0.337 e. The van der Waals surface area contributed by atoms with E-state index in [1.807, 2.05) is 0 Å². The van der Waals surface area contributed by atoms with Crippen LogP contribution in [0.2, 0.25) is 0 Å². The molecule has 0 aromatic rings. The lowest BCUT2D eigenvalue weighted by molar-refractivity contribution is -0.226. The second-order valence-corrected chi connectivity index (χ2v) is 0.979. The molecule has 0 fully saturated rings. The number of alkyl halides is 3. The minimum atomic E-state index is -5.07. The zero-order valence-electron chi connectivity index (χ0n) is 3.90. The van der Waals surface area contributed by atoms with Gasteiger partial charge in [0, 0.05) is 0 Å². The molecule has 0 spiro atoms. The fraction of sp³-hybridized carbons (Fsp3) is 0.500. The summed E-state index contributed by atoms with van der Waals surface area (Å²) in [5.74, 6) is -2.50. The number of hydrogen-bond acceptors (Lipinski definition) is 4. The number of halogens is 3. The fourth-order valence-corrected chi connectivity index (χ4v) is 0.0993. The van der Waals surface area contributed by atoms with Crippen molar-refractivity contribution in [2.45, 2.75) is 6.18 Å². The molecular weight excluding hydrogens is 143 g/mol. The van der Waals surface area contributed by atoms with Crippen LogP contribution in [-0.4, -0.2) is 17.4 Å². The zero-order chi connectivity index (χ0) is 7.49. The minimum Gasteiger partial charge on any atom is -0.337 e. The lowest BCUT2D eigenvalue weighted by atomic mass is 10.7. The molecule has 2 N–H and O–H groups in total. The Morgan fingerprint density at radius 3 is 2.11 bits per heavy atom. The van der Waals surface area contributed by atoms with E-state index in [-0.39, 0.29) is 0 Å². The Morgan fingerprint density at radius 1 is 1.56 bits per heavy atom. The molecule has 0 heterocycles. The van der Waals surface area contributed by atoms with E-state index < -0.39 is 12.1 Å². The van der Waals surface area contributed by atoms with Gasteiger partial charge >= 0.3 is 12.1 Å². The minimum absolute atomic E-state index is 0.604. The second kappa shape index (κ2) is 2.65. The Bertz CT molecular complexity index is 110. The van der Waals surface area contributed by atoms with Crippen molar-refractivity contribution >= 4 is 5.97 Å². The zero-order valence-corrected chi connectivity index (χ0v) is 3.90. The van der Waals surface area contributed by atoms with Crippen LogP contribution in [0.15, 0.2) is 0 Å². The Labute approximate surface area is 47.1 Å². The summed E-state index contributed by atoms with van der Waals surface area (Å²) in [6.45, 7) is 0. The molecule has 0 aliphatic rings. The molecule has 0 atom stereocenters. The highest BCUT2D eigenvalue weighted by Crippen LogP contribution is 2.15. The van der Waals surface area contributed by atoms with Gasteiger partial charge in [-0.05, 0) is 5.64 Å². The molecule has 7 heteroatoms. The van der Waals surface area contributed by atoms with E-state index in [9.17, 15) is 18.0 Å². The van der Waals surface area contributed by atoms with Gasteiger partial charge in [-0.25, -0.2) is 4.79 Å². The van der Waals surface area contributed by atoms with Crippen molar-refractivity contribution in [3.05, 3.63) is 0 Å². The summed E-state index contributed by atoms with van der Waals surface area (Å²) in [6, 6.07) is 0. The number of nitrogens with one attached hydrogen (secondary N) is 1. The Kier molecular flexibility index (Phi) is 2.41. The molecule has 0 bridgehead atoms. The quantitative estimate of drug-likeness (QED) is 0.509. The maximum Gasteiger partial charge on any atom is 0.492 e. The van der Waals surface area contributed by atoms with E-state index in [1.165, 1.54) is 0 Å². The van der Waals surface area contributed by atoms with Crippen LogP contribution in [0, 0.1) is 0 Å².